The van der Waals surface area contributed by atoms with E-state index in [1.807, 2.05) is 30.3 Å². The van der Waals surface area contributed by atoms with Crippen LogP contribution in [0.1, 0.15) is 21.6 Å². The standard InChI is InChI=1S/C21H18ClNO3/c1-15-21(26-14-16-7-3-2-4-8-16)19(24)11-12-23(15)13-20(25)17-9-5-6-10-18(17)22/h2-12H,13-14H2,1H3. The summed E-state index contributed by atoms with van der Waals surface area (Å²) in [4.78, 5) is 24.7. The number of ketones is 1. The second kappa shape index (κ2) is 8.02. The van der Waals surface area contributed by atoms with E-state index in [9.17, 15) is 9.59 Å². The van der Waals surface area contributed by atoms with E-state index >= 15 is 0 Å². The minimum atomic E-state index is -0.208. The van der Waals surface area contributed by atoms with Gasteiger partial charge in [-0.25, -0.2) is 0 Å². The molecule has 0 amide bonds. The van der Waals surface area contributed by atoms with Crippen molar-refractivity contribution in [3.8, 4) is 5.75 Å². The van der Waals surface area contributed by atoms with E-state index in [0.29, 0.717) is 22.9 Å². The van der Waals surface area contributed by atoms with Crippen molar-refractivity contribution in [2.45, 2.75) is 20.1 Å². The maximum Gasteiger partial charge on any atom is 0.223 e. The number of carbonyl (C=O) groups is 1. The summed E-state index contributed by atoms with van der Waals surface area (Å²) in [5.74, 6) is 0.125. The number of benzene rings is 2. The van der Waals surface area contributed by atoms with Gasteiger partial charge >= 0.3 is 0 Å². The fraction of sp³-hybridized carbons (Fsp3) is 0.143. The molecule has 1 aromatic heterocycles. The summed E-state index contributed by atoms with van der Waals surface area (Å²) in [6.45, 7) is 2.14. The lowest BCUT2D eigenvalue weighted by molar-refractivity contribution is 0.0971. The predicted octanol–water partition coefficient (Wildman–Crippen LogP) is 4.27. The van der Waals surface area contributed by atoms with Crippen LogP contribution in [-0.2, 0) is 13.2 Å². The normalized spacial score (nSPS) is 10.5. The molecule has 0 atom stereocenters. The number of nitrogens with zero attached hydrogens (tertiary/aromatic N) is 1. The lowest BCUT2D eigenvalue weighted by atomic mass is 10.1. The van der Waals surface area contributed by atoms with Gasteiger partial charge in [-0.1, -0.05) is 54.1 Å². The van der Waals surface area contributed by atoms with E-state index in [2.05, 4.69) is 0 Å². The molecule has 0 bridgehead atoms. The molecule has 3 aromatic rings. The number of hydrogen-bond donors (Lipinski definition) is 0. The molecule has 0 aliphatic carbocycles. The summed E-state index contributed by atoms with van der Waals surface area (Å²) < 4.78 is 7.44. The van der Waals surface area contributed by atoms with Crippen molar-refractivity contribution in [1.29, 1.82) is 0 Å². The molecule has 2 aromatic carbocycles. The van der Waals surface area contributed by atoms with Crippen LogP contribution in [0.5, 0.6) is 5.75 Å². The van der Waals surface area contributed by atoms with Crippen LogP contribution < -0.4 is 10.2 Å². The highest BCUT2D eigenvalue weighted by Gasteiger charge is 2.14. The Hall–Kier alpha value is -2.85. The van der Waals surface area contributed by atoms with Gasteiger partial charge in [0.25, 0.3) is 0 Å². The number of aromatic nitrogens is 1. The quantitative estimate of drug-likeness (QED) is 0.611. The fourth-order valence-electron chi connectivity index (χ4n) is 2.66. The van der Waals surface area contributed by atoms with Crippen LogP contribution >= 0.6 is 11.6 Å². The molecule has 1 heterocycles. The molecule has 0 unspecified atom stereocenters. The minimum Gasteiger partial charge on any atom is -0.483 e. The average molecular weight is 368 g/mol. The van der Waals surface area contributed by atoms with Gasteiger partial charge in [0.1, 0.15) is 6.61 Å². The Balaban J connectivity index is 1.82. The van der Waals surface area contributed by atoms with E-state index in [1.165, 1.54) is 6.07 Å². The molecule has 0 fully saturated rings. The molecule has 3 rings (SSSR count). The van der Waals surface area contributed by atoms with Crippen molar-refractivity contribution in [3.63, 3.8) is 0 Å². The zero-order valence-corrected chi connectivity index (χ0v) is 15.1. The monoisotopic (exact) mass is 367 g/mol. The van der Waals surface area contributed by atoms with Crippen molar-refractivity contribution in [2.75, 3.05) is 0 Å². The molecule has 26 heavy (non-hydrogen) atoms. The maximum atomic E-state index is 12.5. The zero-order chi connectivity index (χ0) is 18.5. The second-order valence-electron chi connectivity index (χ2n) is 5.90. The number of Topliss-reactive ketones (excluding diaryl/α,β-unsaturated/α-hetero) is 1. The fourth-order valence-corrected chi connectivity index (χ4v) is 2.90. The van der Waals surface area contributed by atoms with Gasteiger partial charge in [-0.15, -0.1) is 0 Å². The third-order valence-electron chi connectivity index (χ3n) is 4.10. The number of ether oxygens (including phenoxy) is 1. The lowest BCUT2D eigenvalue weighted by Crippen LogP contribution is -2.18. The van der Waals surface area contributed by atoms with Gasteiger partial charge in [-0.05, 0) is 24.6 Å². The molecule has 0 saturated carbocycles. The van der Waals surface area contributed by atoms with Gasteiger partial charge in [0.15, 0.2) is 11.5 Å². The summed E-state index contributed by atoms with van der Waals surface area (Å²) in [6.07, 6.45) is 1.60. The highest BCUT2D eigenvalue weighted by atomic mass is 35.5. The highest BCUT2D eigenvalue weighted by Crippen LogP contribution is 2.18. The maximum absolute atomic E-state index is 12.5. The topological polar surface area (TPSA) is 48.3 Å². The van der Waals surface area contributed by atoms with Crippen molar-refractivity contribution in [2.24, 2.45) is 0 Å². The third-order valence-corrected chi connectivity index (χ3v) is 4.43. The zero-order valence-electron chi connectivity index (χ0n) is 14.3. The first-order valence-electron chi connectivity index (χ1n) is 8.21. The first-order valence-corrected chi connectivity index (χ1v) is 8.58. The Kier molecular flexibility index (Phi) is 5.54. The number of pyridine rings is 1. The van der Waals surface area contributed by atoms with Crippen molar-refractivity contribution in [3.05, 3.63) is 98.9 Å². The molecule has 0 spiro atoms. The van der Waals surface area contributed by atoms with Gasteiger partial charge < -0.3 is 9.30 Å². The predicted molar refractivity (Wildman–Crippen MR) is 102 cm³/mol. The molecule has 0 N–H and O–H groups in total. The van der Waals surface area contributed by atoms with Crippen molar-refractivity contribution >= 4 is 17.4 Å². The molecular formula is C21H18ClNO3. The van der Waals surface area contributed by atoms with E-state index < -0.39 is 0 Å². The molecule has 4 nitrogen and oxygen atoms in total. The molecule has 132 valence electrons. The van der Waals surface area contributed by atoms with E-state index in [0.717, 1.165) is 5.56 Å². The van der Waals surface area contributed by atoms with Gasteiger partial charge in [0.05, 0.1) is 17.3 Å². The Labute approximate surface area is 156 Å². The number of rotatable bonds is 6. The van der Waals surface area contributed by atoms with Crippen molar-refractivity contribution in [1.82, 2.24) is 4.57 Å². The Bertz CT molecular complexity index is 980. The summed E-state index contributed by atoms with van der Waals surface area (Å²) in [6, 6.07) is 17.9. The SMILES string of the molecule is Cc1c(OCc2ccccc2)c(=O)ccn1CC(=O)c1ccccc1Cl. The molecule has 0 aliphatic rings. The minimum absolute atomic E-state index is 0.0809. The third kappa shape index (κ3) is 4.03. The smallest absolute Gasteiger partial charge is 0.223 e. The van der Waals surface area contributed by atoms with Crippen LogP contribution in [0.4, 0.5) is 0 Å². The molecule has 0 radical (unpaired) electrons. The first-order chi connectivity index (χ1) is 12.6. The summed E-state index contributed by atoms with van der Waals surface area (Å²) in [5, 5.41) is 0.414. The second-order valence-corrected chi connectivity index (χ2v) is 6.31. The number of carbonyl (C=O) groups excluding carboxylic acids is 1. The summed E-state index contributed by atoms with van der Waals surface area (Å²) in [7, 11) is 0. The molecule has 0 aliphatic heterocycles. The van der Waals surface area contributed by atoms with E-state index in [1.54, 1.807) is 42.0 Å². The van der Waals surface area contributed by atoms with Crippen LogP contribution in [-0.4, -0.2) is 10.4 Å². The van der Waals surface area contributed by atoms with E-state index in [4.69, 9.17) is 16.3 Å². The van der Waals surface area contributed by atoms with Crippen LogP contribution in [0, 0.1) is 6.92 Å². The van der Waals surface area contributed by atoms with Gasteiger partial charge in [-0.3, -0.25) is 9.59 Å². The van der Waals surface area contributed by atoms with Gasteiger partial charge in [0, 0.05) is 17.8 Å². The number of hydrogen-bond acceptors (Lipinski definition) is 3. The first kappa shape index (κ1) is 18.0. The van der Waals surface area contributed by atoms with E-state index in [-0.39, 0.29) is 23.5 Å². The van der Waals surface area contributed by atoms with Crippen LogP contribution in [0.3, 0.4) is 0 Å². The van der Waals surface area contributed by atoms with Gasteiger partial charge in [-0.2, -0.15) is 0 Å². The van der Waals surface area contributed by atoms with Crippen molar-refractivity contribution < 1.29 is 9.53 Å². The van der Waals surface area contributed by atoms with Gasteiger partial charge in [0.2, 0.25) is 5.43 Å². The number of halogens is 1. The summed E-state index contributed by atoms with van der Waals surface area (Å²) in [5.41, 5.74) is 1.82. The molecular weight excluding hydrogens is 350 g/mol. The van der Waals surface area contributed by atoms with Crippen LogP contribution in [0.2, 0.25) is 5.02 Å². The Morgan fingerprint density at radius 1 is 1.04 bits per heavy atom. The summed E-state index contributed by atoms with van der Waals surface area (Å²) >= 11 is 6.09. The average Bonchev–Trinajstić information content (AvgIpc) is 2.65. The van der Waals surface area contributed by atoms with Crippen LogP contribution in [0.25, 0.3) is 0 Å². The van der Waals surface area contributed by atoms with Crippen LogP contribution in [0.15, 0.2) is 71.7 Å². The Morgan fingerprint density at radius 2 is 1.73 bits per heavy atom. The Morgan fingerprint density at radius 3 is 2.46 bits per heavy atom. The molecule has 0 saturated heterocycles. The largest absolute Gasteiger partial charge is 0.483 e. The molecule has 5 heteroatoms. The lowest BCUT2D eigenvalue weighted by Gasteiger charge is -2.15. The highest BCUT2D eigenvalue weighted by molar-refractivity contribution is 6.33.